The molecule has 0 bridgehead atoms. The van der Waals surface area contributed by atoms with E-state index in [2.05, 4.69) is 5.10 Å². The first-order valence-corrected chi connectivity index (χ1v) is 8.35. The van der Waals surface area contributed by atoms with Crippen LogP contribution in [0.4, 0.5) is 13.2 Å². The first-order valence-electron chi connectivity index (χ1n) is 7.53. The van der Waals surface area contributed by atoms with E-state index in [-0.39, 0.29) is 22.6 Å². The third-order valence-electron chi connectivity index (χ3n) is 3.56. The molecule has 0 aliphatic carbocycles. The maximum atomic E-state index is 13.3. The number of esters is 1. The predicted octanol–water partition coefficient (Wildman–Crippen LogP) is 2.24. The van der Waals surface area contributed by atoms with Crippen LogP contribution in [0, 0.1) is 0 Å². The largest absolute Gasteiger partial charge is 0.465 e. The fourth-order valence-electron chi connectivity index (χ4n) is 2.36. The second kappa shape index (κ2) is 8.11. The van der Waals surface area contributed by atoms with Gasteiger partial charge in [0.2, 0.25) is 0 Å². The van der Waals surface area contributed by atoms with Crippen molar-refractivity contribution < 1.29 is 27.8 Å². The van der Waals surface area contributed by atoms with Crippen LogP contribution >= 0.6 is 11.8 Å². The maximum Gasteiger partial charge on any atom is 0.435 e. The van der Waals surface area contributed by atoms with E-state index >= 15 is 0 Å². The fourth-order valence-corrected chi connectivity index (χ4v) is 3.45. The molecule has 0 aliphatic heterocycles. The maximum absolute atomic E-state index is 13.3. The molecule has 3 N–H and O–H groups in total. The molecule has 0 fully saturated rings. The Morgan fingerprint density at radius 2 is 2.08 bits per heavy atom. The van der Waals surface area contributed by atoms with E-state index in [0.717, 1.165) is 16.4 Å². The molecule has 6 nitrogen and oxygen atoms in total. The zero-order valence-corrected chi connectivity index (χ0v) is 14.9. The smallest absolute Gasteiger partial charge is 0.435 e. The number of nitrogens with zero attached hydrogens (tertiary/aromatic N) is 2. The van der Waals surface area contributed by atoms with E-state index in [1.54, 1.807) is 18.2 Å². The van der Waals surface area contributed by atoms with Crippen molar-refractivity contribution in [3.63, 3.8) is 0 Å². The van der Waals surface area contributed by atoms with Gasteiger partial charge in [-0.25, -0.2) is 4.79 Å². The first-order chi connectivity index (χ1) is 12.2. The lowest BCUT2D eigenvalue weighted by atomic mass is 10.1. The molecule has 10 heteroatoms. The van der Waals surface area contributed by atoms with Crippen LogP contribution in [0.2, 0.25) is 0 Å². The summed E-state index contributed by atoms with van der Waals surface area (Å²) in [5, 5.41) is 12.9. The summed E-state index contributed by atoms with van der Waals surface area (Å²) in [5.74, 6) is -0.597. The van der Waals surface area contributed by atoms with Crippen LogP contribution in [0.15, 0.2) is 34.2 Å². The van der Waals surface area contributed by atoms with Crippen LogP contribution in [0.5, 0.6) is 0 Å². The third-order valence-corrected chi connectivity index (χ3v) is 4.84. The number of hydrogen-bond acceptors (Lipinski definition) is 6. The van der Waals surface area contributed by atoms with E-state index < -0.39 is 30.5 Å². The standard InChI is InChI=1S/C16H18F3N3O3S/c1-22-14(26-12-6-4-3-5-10(12)15(24)25-2)11(7-9(20)8-23)13(21-22)16(17,18)19/h3-6,9,23H,7-8,20H2,1-2H3. The number of aryl methyl sites for hydroxylation is 1. The molecular formula is C16H18F3N3O3S. The van der Waals surface area contributed by atoms with Crippen molar-refractivity contribution in [2.45, 2.75) is 28.6 Å². The van der Waals surface area contributed by atoms with Crippen molar-refractivity contribution in [1.29, 1.82) is 0 Å². The van der Waals surface area contributed by atoms with Gasteiger partial charge in [-0.05, 0) is 18.6 Å². The van der Waals surface area contributed by atoms with Gasteiger partial charge in [-0.15, -0.1) is 0 Å². The molecule has 0 saturated heterocycles. The van der Waals surface area contributed by atoms with Crippen molar-refractivity contribution >= 4 is 17.7 Å². The number of nitrogens with two attached hydrogens (primary N) is 1. The number of aliphatic hydroxyl groups is 1. The Morgan fingerprint density at radius 1 is 1.42 bits per heavy atom. The van der Waals surface area contributed by atoms with E-state index in [0.29, 0.717) is 4.90 Å². The van der Waals surface area contributed by atoms with Gasteiger partial charge in [-0.3, -0.25) is 4.68 Å². The summed E-state index contributed by atoms with van der Waals surface area (Å²) in [5.41, 5.74) is 4.71. The average molecular weight is 389 g/mol. The summed E-state index contributed by atoms with van der Waals surface area (Å²) in [7, 11) is 2.60. The van der Waals surface area contributed by atoms with Gasteiger partial charge < -0.3 is 15.6 Å². The van der Waals surface area contributed by atoms with Gasteiger partial charge in [-0.1, -0.05) is 23.9 Å². The van der Waals surface area contributed by atoms with Crippen molar-refractivity contribution in [1.82, 2.24) is 9.78 Å². The highest BCUT2D eigenvalue weighted by atomic mass is 32.2. The highest BCUT2D eigenvalue weighted by molar-refractivity contribution is 7.99. The Balaban J connectivity index is 2.53. The number of halogens is 3. The molecule has 26 heavy (non-hydrogen) atoms. The molecule has 1 atom stereocenters. The highest BCUT2D eigenvalue weighted by Crippen LogP contribution is 2.39. The summed E-state index contributed by atoms with van der Waals surface area (Å²) in [6, 6.07) is 5.55. The van der Waals surface area contributed by atoms with Gasteiger partial charge in [0.25, 0.3) is 0 Å². The SMILES string of the molecule is COC(=O)c1ccccc1Sc1c(CC(N)CO)c(C(F)(F)F)nn1C. The van der Waals surface area contributed by atoms with Gasteiger partial charge in [-0.2, -0.15) is 18.3 Å². The predicted molar refractivity (Wildman–Crippen MR) is 88.9 cm³/mol. The Bertz CT molecular complexity index is 793. The van der Waals surface area contributed by atoms with Crippen LogP contribution in [-0.4, -0.2) is 40.6 Å². The van der Waals surface area contributed by atoms with E-state index in [4.69, 9.17) is 15.6 Å². The summed E-state index contributed by atoms with van der Waals surface area (Å²) in [6.07, 6.45) is -4.87. The number of ether oxygens (including phenoxy) is 1. The molecule has 0 saturated carbocycles. The molecule has 2 rings (SSSR count). The van der Waals surface area contributed by atoms with Crippen LogP contribution in [-0.2, 0) is 24.4 Å². The number of carbonyl (C=O) groups excluding carboxylic acids is 1. The number of methoxy groups -OCH3 is 1. The molecule has 0 aliphatic rings. The van der Waals surface area contributed by atoms with Crippen LogP contribution < -0.4 is 5.73 Å². The molecular weight excluding hydrogens is 371 g/mol. The minimum absolute atomic E-state index is 0.119. The van der Waals surface area contributed by atoms with Crippen LogP contribution in [0.25, 0.3) is 0 Å². The minimum atomic E-state index is -4.66. The zero-order chi connectivity index (χ0) is 19.5. The Hall–Kier alpha value is -2.04. The number of carbonyl (C=O) groups is 1. The normalized spacial score (nSPS) is 12.9. The summed E-state index contributed by atoms with van der Waals surface area (Å²) >= 11 is 0.963. The first kappa shape index (κ1) is 20.3. The van der Waals surface area contributed by atoms with Crippen molar-refractivity contribution in [3.05, 3.63) is 41.1 Å². The highest BCUT2D eigenvalue weighted by Gasteiger charge is 2.39. The average Bonchev–Trinajstić information content (AvgIpc) is 2.91. The fraction of sp³-hybridized carbons (Fsp3) is 0.375. The Kier molecular flexibility index (Phi) is 6.32. The molecule has 142 valence electrons. The third kappa shape index (κ3) is 4.37. The quantitative estimate of drug-likeness (QED) is 0.737. The van der Waals surface area contributed by atoms with Gasteiger partial charge in [0.05, 0.1) is 19.3 Å². The van der Waals surface area contributed by atoms with Crippen molar-refractivity contribution in [2.75, 3.05) is 13.7 Å². The van der Waals surface area contributed by atoms with Gasteiger partial charge in [0.1, 0.15) is 5.03 Å². The lowest BCUT2D eigenvalue weighted by Gasteiger charge is -2.13. The summed E-state index contributed by atoms with van der Waals surface area (Å²) in [4.78, 5) is 12.3. The van der Waals surface area contributed by atoms with E-state index in [1.807, 2.05) is 0 Å². The molecule has 0 spiro atoms. The number of benzene rings is 1. The Morgan fingerprint density at radius 3 is 2.65 bits per heavy atom. The molecule has 1 aromatic heterocycles. The summed E-state index contributed by atoms with van der Waals surface area (Å²) < 4.78 is 45.8. The zero-order valence-electron chi connectivity index (χ0n) is 14.1. The monoisotopic (exact) mass is 389 g/mol. The molecule has 1 aromatic carbocycles. The minimum Gasteiger partial charge on any atom is -0.465 e. The number of alkyl halides is 3. The van der Waals surface area contributed by atoms with Crippen molar-refractivity contribution in [2.24, 2.45) is 12.8 Å². The number of hydrogen-bond donors (Lipinski definition) is 2. The molecule has 1 unspecified atom stereocenters. The molecule has 0 amide bonds. The van der Waals surface area contributed by atoms with Gasteiger partial charge in [0, 0.05) is 23.5 Å². The van der Waals surface area contributed by atoms with Crippen molar-refractivity contribution in [3.8, 4) is 0 Å². The lowest BCUT2D eigenvalue weighted by Crippen LogP contribution is -2.28. The van der Waals surface area contributed by atoms with Gasteiger partial charge in [0.15, 0.2) is 5.69 Å². The van der Waals surface area contributed by atoms with Crippen LogP contribution in [0.3, 0.4) is 0 Å². The number of aliphatic hydroxyl groups excluding tert-OH is 1. The van der Waals surface area contributed by atoms with Gasteiger partial charge >= 0.3 is 12.1 Å². The summed E-state index contributed by atoms with van der Waals surface area (Å²) in [6.45, 7) is -0.463. The lowest BCUT2D eigenvalue weighted by molar-refractivity contribution is -0.142. The van der Waals surface area contributed by atoms with E-state index in [1.165, 1.54) is 20.2 Å². The second-order valence-electron chi connectivity index (χ2n) is 5.49. The second-order valence-corrected chi connectivity index (χ2v) is 6.52. The molecule has 2 aromatic rings. The Labute approximate surface area is 152 Å². The molecule has 1 heterocycles. The topological polar surface area (TPSA) is 90.4 Å². The molecule has 0 radical (unpaired) electrons. The van der Waals surface area contributed by atoms with Crippen LogP contribution in [0.1, 0.15) is 21.6 Å². The number of rotatable bonds is 6. The number of aromatic nitrogens is 2. The van der Waals surface area contributed by atoms with E-state index in [9.17, 15) is 18.0 Å².